The predicted molar refractivity (Wildman–Crippen MR) is 229 cm³/mol. The fraction of sp³-hybridized carbons (Fsp3) is 0.0588. The molecule has 0 saturated carbocycles. The molecule has 7 aromatic carbocycles. The summed E-state index contributed by atoms with van der Waals surface area (Å²) >= 11 is 3.70. The molecule has 3 atom stereocenters. The summed E-state index contributed by atoms with van der Waals surface area (Å²) in [6, 6.07) is 63.4. The molecule has 2 aliphatic carbocycles. The highest BCUT2D eigenvalue weighted by Gasteiger charge is 2.55. The Bertz CT molecular complexity index is 2760. The molecule has 1 aromatic heterocycles. The monoisotopic (exact) mass is 725 g/mol. The van der Waals surface area contributed by atoms with Gasteiger partial charge in [-0.15, -0.1) is 11.3 Å². The van der Waals surface area contributed by atoms with Crippen LogP contribution in [0.4, 0.5) is 17.1 Å². The van der Waals surface area contributed by atoms with Crippen LogP contribution >= 0.6 is 23.1 Å². The molecular weight excluding hydrogens is 691 g/mol. The molecule has 54 heavy (non-hydrogen) atoms. The average molecular weight is 726 g/mol. The first-order valence-corrected chi connectivity index (χ1v) is 20.3. The molecule has 0 amide bonds. The Morgan fingerprint density at radius 1 is 0.463 bits per heavy atom. The van der Waals surface area contributed by atoms with Crippen molar-refractivity contribution >= 4 is 50.2 Å². The second-order valence-corrected chi connectivity index (χ2v) is 16.5. The minimum Gasteiger partial charge on any atom is -0.310 e. The van der Waals surface area contributed by atoms with Crippen LogP contribution in [0, 0.1) is 5.92 Å². The van der Waals surface area contributed by atoms with Gasteiger partial charge in [0.2, 0.25) is 0 Å². The van der Waals surface area contributed by atoms with Crippen LogP contribution in [0.3, 0.4) is 0 Å². The van der Waals surface area contributed by atoms with Crippen LogP contribution in [-0.4, -0.2) is 0 Å². The van der Waals surface area contributed by atoms with Gasteiger partial charge < -0.3 is 4.90 Å². The molecule has 8 aromatic rings. The summed E-state index contributed by atoms with van der Waals surface area (Å²) in [5, 5.41) is 3.47. The van der Waals surface area contributed by atoms with Crippen molar-refractivity contribution in [3.05, 3.63) is 222 Å². The molecule has 2 heterocycles. The van der Waals surface area contributed by atoms with Crippen molar-refractivity contribution < 1.29 is 0 Å². The number of benzene rings is 7. The van der Waals surface area contributed by atoms with Crippen molar-refractivity contribution in [1.29, 1.82) is 0 Å². The van der Waals surface area contributed by atoms with Crippen LogP contribution in [0.2, 0.25) is 0 Å². The number of rotatable bonds is 5. The number of thiophene rings is 1. The van der Waals surface area contributed by atoms with Crippen molar-refractivity contribution in [3.63, 3.8) is 0 Å². The van der Waals surface area contributed by atoms with Gasteiger partial charge >= 0.3 is 0 Å². The van der Waals surface area contributed by atoms with E-state index in [0.717, 1.165) is 17.1 Å². The Hall–Kier alpha value is -5.87. The topological polar surface area (TPSA) is 3.24 Å². The standard InChI is InChI=1S/C51H35NS2/c1-2-10-34(11-3-1)35-18-23-39(24-19-35)52(40-25-20-36(21-26-40)37-22-28-48-38(32-37)30-31-53-48)41-27-29-50-47(33-41)51(46-16-8-9-17-49(46)54-50)44-14-6-4-12-42(44)43-13-5-7-15-45(43)51/h1-33,42,44H. The molecule has 0 bridgehead atoms. The smallest absolute Gasteiger partial charge is 0.0548 e. The Balaban J connectivity index is 1.10. The maximum absolute atomic E-state index is 2.51. The highest BCUT2D eigenvalue weighted by Crippen LogP contribution is 2.65. The van der Waals surface area contributed by atoms with E-state index < -0.39 is 0 Å². The van der Waals surface area contributed by atoms with E-state index in [0.29, 0.717) is 5.92 Å². The maximum atomic E-state index is 2.51. The van der Waals surface area contributed by atoms with E-state index in [-0.39, 0.29) is 11.3 Å². The van der Waals surface area contributed by atoms with Gasteiger partial charge in [-0.3, -0.25) is 0 Å². The second kappa shape index (κ2) is 12.6. The molecule has 0 fully saturated rings. The van der Waals surface area contributed by atoms with Crippen molar-refractivity contribution in [2.24, 2.45) is 5.92 Å². The SMILES string of the molecule is C1=CC2c3ccccc3C3(c4ccccc4Sc4ccc(N(c5ccc(-c6ccccc6)cc5)c5ccc(-c6ccc7sccc7c6)cc5)cc43)C2C=C1. The summed E-state index contributed by atoms with van der Waals surface area (Å²) < 4.78 is 1.32. The zero-order valence-corrected chi connectivity index (χ0v) is 31.1. The number of nitrogens with zero attached hydrogens (tertiary/aromatic N) is 1. The third kappa shape index (κ3) is 4.85. The first kappa shape index (κ1) is 31.6. The lowest BCUT2D eigenvalue weighted by molar-refractivity contribution is 0.442. The zero-order chi connectivity index (χ0) is 35.6. The average Bonchev–Trinajstić information content (AvgIpc) is 3.83. The molecule has 256 valence electrons. The fourth-order valence-corrected chi connectivity index (χ4v) is 11.3. The highest BCUT2D eigenvalue weighted by atomic mass is 32.2. The molecule has 1 spiro atoms. The van der Waals surface area contributed by atoms with Gasteiger partial charge in [-0.05, 0) is 122 Å². The number of hydrogen-bond donors (Lipinski definition) is 0. The van der Waals surface area contributed by atoms with E-state index in [9.17, 15) is 0 Å². The van der Waals surface area contributed by atoms with Gasteiger partial charge in [0.1, 0.15) is 0 Å². The van der Waals surface area contributed by atoms with Crippen molar-refractivity contribution in [3.8, 4) is 22.3 Å². The van der Waals surface area contributed by atoms with E-state index in [4.69, 9.17) is 0 Å². The minimum atomic E-state index is -0.317. The molecule has 3 aliphatic rings. The molecule has 3 heteroatoms. The molecular formula is C51H35NS2. The summed E-state index contributed by atoms with van der Waals surface area (Å²) in [5.41, 5.74) is 13.6. The van der Waals surface area contributed by atoms with Crippen LogP contribution in [0.25, 0.3) is 32.3 Å². The van der Waals surface area contributed by atoms with E-state index in [2.05, 4.69) is 204 Å². The highest BCUT2D eigenvalue weighted by molar-refractivity contribution is 7.99. The lowest BCUT2D eigenvalue weighted by Gasteiger charge is -2.44. The van der Waals surface area contributed by atoms with Gasteiger partial charge in [0, 0.05) is 43.4 Å². The van der Waals surface area contributed by atoms with Crippen molar-refractivity contribution in [2.45, 2.75) is 21.1 Å². The van der Waals surface area contributed by atoms with Gasteiger partial charge in [-0.1, -0.05) is 139 Å². The molecule has 1 aliphatic heterocycles. The van der Waals surface area contributed by atoms with Crippen molar-refractivity contribution in [1.82, 2.24) is 0 Å². The molecule has 11 rings (SSSR count). The van der Waals surface area contributed by atoms with Gasteiger partial charge in [0.15, 0.2) is 0 Å². The third-order valence-electron chi connectivity index (χ3n) is 11.7. The van der Waals surface area contributed by atoms with E-state index >= 15 is 0 Å². The zero-order valence-electron chi connectivity index (χ0n) is 29.5. The van der Waals surface area contributed by atoms with Crippen molar-refractivity contribution in [2.75, 3.05) is 4.90 Å². The number of allylic oxidation sites excluding steroid dienone is 4. The molecule has 0 saturated heterocycles. The van der Waals surface area contributed by atoms with Crippen LogP contribution in [0.1, 0.15) is 28.2 Å². The Kier molecular flexibility index (Phi) is 7.40. The fourth-order valence-electron chi connectivity index (χ4n) is 9.32. The summed E-state index contributed by atoms with van der Waals surface area (Å²) in [7, 11) is 0. The minimum absolute atomic E-state index is 0.273. The van der Waals surface area contributed by atoms with E-state index in [1.807, 2.05) is 11.8 Å². The number of anilines is 3. The predicted octanol–water partition coefficient (Wildman–Crippen LogP) is 14.3. The summed E-state index contributed by atoms with van der Waals surface area (Å²) in [6.07, 6.45) is 9.40. The Labute approximate surface area is 324 Å². The molecule has 0 radical (unpaired) electrons. The van der Waals surface area contributed by atoms with Crippen LogP contribution < -0.4 is 4.90 Å². The summed E-state index contributed by atoms with van der Waals surface area (Å²) in [6.45, 7) is 0. The molecule has 0 N–H and O–H groups in total. The summed E-state index contributed by atoms with van der Waals surface area (Å²) in [5.74, 6) is 0.593. The molecule has 3 unspecified atom stereocenters. The van der Waals surface area contributed by atoms with Crippen LogP contribution in [-0.2, 0) is 5.41 Å². The lowest BCUT2D eigenvalue weighted by atomic mass is 9.63. The molecule has 1 nitrogen and oxygen atoms in total. The normalized spacial score (nSPS) is 19.0. The Morgan fingerprint density at radius 2 is 1.09 bits per heavy atom. The number of fused-ring (bicyclic) bond motifs is 10. The van der Waals surface area contributed by atoms with Gasteiger partial charge in [-0.2, -0.15) is 0 Å². The van der Waals surface area contributed by atoms with Crippen LogP contribution in [0.5, 0.6) is 0 Å². The van der Waals surface area contributed by atoms with Crippen LogP contribution in [0.15, 0.2) is 209 Å². The third-order valence-corrected chi connectivity index (χ3v) is 13.8. The first-order chi connectivity index (χ1) is 26.8. The van der Waals surface area contributed by atoms with Gasteiger partial charge in [-0.25, -0.2) is 0 Å². The first-order valence-electron chi connectivity index (χ1n) is 18.7. The summed E-state index contributed by atoms with van der Waals surface area (Å²) in [4.78, 5) is 5.12. The lowest BCUT2D eigenvalue weighted by Crippen LogP contribution is -2.37. The Morgan fingerprint density at radius 3 is 1.91 bits per heavy atom. The second-order valence-electron chi connectivity index (χ2n) is 14.5. The quantitative estimate of drug-likeness (QED) is 0.174. The largest absolute Gasteiger partial charge is 0.310 e. The van der Waals surface area contributed by atoms with Gasteiger partial charge in [0.25, 0.3) is 0 Å². The van der Waals surface area contributed by atoms with E-state index in [1.165, 1.54) is 64.4 Å². The van der Waals surface area contributed by atoms with E-state index in [1.54, 1.807) is 11.3 Å². The number of hydrogen-bond acceptors (Lipinski definition) is 3. The maximum Gasteiger partial charge on any atom is 0.0548 e. The van der Waals surface area contributed by atoms with Gasteiger partial charge in [0.05, 0.1) is 5.41 Å².